The Balaban J connectivity index is 1.84. The summed E-state index contributed by atoms with van der Waals surface area (Å²) in [6, 6.07) is 0.0916. The molecule has 2 fully saturated rings. The normalized spacial score (nSPS) is 27.3. The van der Waals surface area contributed by atoms with Crippen LogP contribution in [0.5, 0.6) is 0 Å². The molecule has 3 nitrogen and oxygen atoms in total. The number of nitrogens with one attached hydrogen (secondary N) is 1. The number of rotatable bonds is 6. The largest absolute Gasteiger partial charge is 0.340 e. The molecule has 0 bridgehead atoms. The Kier molecular flexibility index (Phi) is 4.36. The highest BCUT2D eigenvalue weighted by molar-refractivity contribution is 8.00. The van der Waals surface area contributed by atoms with E-state index in [9.17, 15) is 4.79 Å². The van der Waals surface area contributed by atoms with Crippen molar-refractivity contribution in [2.75, 3.05) is 25.9 Å². The van der Waals surface area contributed by atoms with Crippen molar-refractivity contribution in [2.24, 2.45) is 0 Å². The van der Waals surface area contributed by atoms with Gasteiger partial charge in [0.25, 0.3) is 0 Å². The van der Waals surface area contributed by atoms with Crippen LogP contribution in [0.15, 0.2) is 0 Å². The maximum atomic E-state index is 12.2. The van der Waals surface area contributed by atoms with Crippen molar-refractivity contribution in [3.05, 3.63) is 0 Å². The second-order valence-corrected chi connectivity index (χ2v) is 6.57. The van der Waals surface area contributed by atoms with Gasteiger partial charge in [0.15, 0.2) is 0 Å². The molecule has 1 atom stereocenters. The lowest BCUT2D eigenvalue weighted by molar-refractivity contribution is -0.130. The summed E-state index contributed by atoms with van der Waals surface area (Å²) in [5.41, 5.74) is 0. The minimum absolute atomic E-state index is 0.0916. The molecule has 1 saturated heterocycles. The van der Waals surface area contributed by atoms with Gasteiger partial charge in [0.05, 0.1) is 6.04 Å². The average Bonchev–Trinajstić information content (AvgIpc) is 2.62. The third kappa shape index (κ3) is 2.79. The number of hydrogen-bond acceptors (Lipinski definition) is 3. The van der Waals surface area contributed by atoms with Crippen LogP contribution in [-0.4, -0.2) is 47.5 Å². The molecule has 17 heavy (non-hydrogen) atoms. The topological polar surface area (TPSA) is 32.3 Å². The molecule has 1 saturated carbocycles. The molecule has 1 unspecified atom stereocenters. The van der Waals surface area contributed by atoms with Crippen LogP contribution in [-0.2, 0) is 4.79 Å². The fourth-order valence-corrected chi connectivity index (χ4v) is 3.73. The van der Waals surface area contributed by atoms with Gasteiger partial charge in [-0.3, -0.25) is 4.79 Å². The Morgan fingerprint density at radius 1 is 1.53 bits per heavy atom. The fourth-order valence-electron chi connectivity index (χ4n) is 2.75. The van der Waals surface area contributed by atoms with Crippen LogP contribution in [0.4, 0.5) is 0 Å². The van der Waals surface area contributed by atoms with E-state index < -0.39 is 0 Å². The van der Waals surface area contributed by atoms with Gasteiger partial charge in [-0.25, -0.2) is 0 Å². The van der Waals surface area contributed by atoms with E-state index in [1.807, 2.05) is 11.8 Å². The highest BCUT2D eigenvalue weighted by atomic mass is 32.2. The van der Waals surface area contributed by atoms with E-state index >= 15 is 0 Å². The Hall–Kier alpha value is -0.220. The molecule has 2 rings (SSSR count). The summed E-state index contributed by atoms with van der Waals surface area (Å²) in [4.78, 5) is 14.3. The van der Waals surface area contributed by atoms with Crippen LogP contribution in [0.3, 0.4) is 0 Å². The van der Waals surface area contributed by atoms with Crippen molar-refractivity contribution in [3.63, 3.8) is 0 Å². The van der Waals surface area contributed by atoms with Crippen molar-refractivity contribution in [3.8, 4) is 0 Å². The molecule has 1 N–H and O–H groups in total. The summed E-state index contributed by atoms with van der Waals surface area (Å²) in [5, 5.41) is 3.35. The van der Waals surface area contributed by atoms with Gasteiger partial charge in [0.2, 0.25) is 5.91 Å². The van der Waals surface area contributed by atoms with Crippen molar-refractivity contribution in [1.29, 1.82) is 0 Å². The van der Waals surface area contributed by atoms with Gasteiger partial charge in [-0.1, -0.05) is 13.3 Å². The van der Waals surface area contributed by atoms with E-state index in [1.165, 1.54) is 19.3 Å². The van der Waals surface area contributed by atoms with Gasteiger partial charge in [-0.2, -0.15) is 11.8 Å². The van der Waals surface area contributed by atoms with Gasteiger partial charge in [-0.05, 0) is 38.5 Å². The number of likely N-dealkylation sites (tertiary alicyclic amines) is 1. The van der Waals surface area contributed by atoms with Crippen molar-refractivity contribution in [2.45, 2.75) is 49.8 Å². The lowest BCUT2D eigenvalue weighted by Gasteiger charge is -2.43. The molecule has 0 radical (unpaired) electrons. The van der Waals surface area contributed by atoms with Crippen LogP contribution in [0.2, 0.25) is 0 Å². The zero-order chi connectivity index (χ0) is 12.3. The minimum atomic E-state index is 0.0916. The van der Waals surface area contributed by atoms with Crippen LogP contribution >= 0.6 is 11.8 Å². The first-order valence-corrected chi connectivity index (χ1v) is 8.00. The van der Waals surface area contributed by atoms with E-state index in [-0.39, 0.29) is 6.04 Å². The van der Waals surface area contributed by atoms with Gasteiger partial charge in [0.1, 0.15) is 0 Å². The maximum absolute atomic E-state index is 12.2. The van der Waals surface area contributed by atoms with Gasteiger partial charge in [0, 0.05) is 17.8 Å². The van der Waals surface area contributed by atoms with Crippen molar-refractivity contribution < 1.29 is 4.79 Å². The molecule has 98 valence electrons. The molecule has 2 aliphatic rings. The molecule has 1 aliphatic heterocycles. The quantitative estimate of drug-likeness (QED) is 0.787. The predicted octanol–water partition coefficient (Wildman–Crippen LogP) is 1.87. The fraction of sp³-hybridized carbons (Fsp3) is 0.923. The SMILES string of the molecule is CCCNC1CCN(CC2(SC)CCC2)C1=O. The monoisotopic (exact) mass is 256 g/mol. The van der Waals surface area contributed by atoms with E-state index in [0.29, 0.717) is 10.7 Å². The molecule has 4 heteroatoms. The number of carbonyl (C=O) groups excluding carboxylic acids is 1. The third-order valence-corrected chi connectivity index (χ3v) is 5.52. The summed E-state index contributed by atoms with van der Waals surface area (Å²) >= 11 is 1.95. The lowest BCUT2D eigenvalue weighted by atomic mass is 9.84. The summed E-state index contributed by atoms with van der Waals surface area (Å²) < 4.78 is 0.384. The van der Waals surface area contributed by atoms with Crippen LogP contribution in [0.25, 0.3) is 0 Å². The molecule has 1 heterocycles. The maximum Gasteiger partial charge on any atom is 0.239 e. The number of hydrogen-bond donors (Lipinski definition) is 1. The van der Waals surface area contributed by atoms with E-state index in [4.69, 9.17) is 0 Å². The molecule has 0 spiro atoms. The Labute approximate surface area is 109 Å². The summed E-state index contributed by atoms with van der Waals surface area (Å²) in [6.07, 6.45) is 8.17. The standard InChI is InChI=1S/C13H24N2OS/c1-3-8-14-11-5-9-15(12(11)16)10-13(17-2)6-4-7-13/h11,14H,3-10H2,1-2H3. The molecule has 0 aromatic rings. The Morgan fingerprint density at radius 3 is 2.82 bits per heavy atom. The number of amides is 1. The summed E-state index contributed by atoms with van der Waals surface area (Å²) in [6.45, 7) is 5.01. The zero-order valence-corrected chi connectivity index (χ0v) is 11.8. The molecule has 1 amide bonds. The first-order valence-electron chi connectivity index (χ1n) is 6.78. The first-order chi connectivity index (χ1) is 8.21. The Morgan fingerprint density at radius 2 is 2.29 bits per heavy atom. The van der Waals surface area contributed by atoms with Gasteiger partial charge < -0.3 is 10.2 Å². The first kappa shape index (κ1) is 13.2. The minimum Gasteiger partial charge on any atom is -0.340 e. The molecule has 0 aromatic heterocycles. The second-order valence-electron chi connectivity index (χ2n) is 5.30. The van der Waals surface area contributed by atoms with Gasteiger partial charge in [-0.15, -0.1) is 0 Å². The number of carbonyl (C=O) groups is 1. The average molecular weight is 256 g/mol. The van der Waals surface area contributed by atoms with E-state index in [0.717, 1.165) is 32.5 Å². The molecule has 1 aliphatic carbocycles. The molecular formula is C13H24N2OS. The van der Waals surface area contributed by atoms with E-state index in [2.05, 4.69) is 23.4 Å². The predicted molar refractivity (Wildman–Crippen MR) is 73.4 cm³/mol. The molecular weight excluding hydrogens is 232 g/mol. The van der Waals surface area contributed by atoms with E-state index in [1.54, 1.807) is 0 Å². The van der Waals surface area contributed by atoms with Crippen LogP contribution in [0, 0.1) is 0 Å². The lowest BCUT2D eigenvalue weighted by Crippen LogP contribution is -2.48. The summed E-state index contributed by atoms with van der Waals surface area (Å²) in [5.74, 6) is 0.332. The number of thioether (sulfide) groups is 1. The smallest absolute Gasteiger partial charge is 0.239 e. The van der Waals surface area contributed by atoms with Crippen LogP contribution < -0.4 is 5.32 Å². The van der Waals surface area contributed by atoms with Gasteiger partial charge >= 0.3 is 0 Å². The molecule has 0 aromatic carbocycles. The highest BCUT2D eigenvalue weighted by Crippen LogP contribution is 2.43. The van der Waals surface area contributed by atoms with Crippen molar-refractivity contribution in [1.82, 2.24) is 10.2 Å². The summed E-state index contributed by atoms with van der Waals surface area (Å²) in [7, 11) is 0. The number of nitrogens with zero attached hydrogens (tertiary/aromatic N) is 1. The highest BCUT2D eigenvalue weighted by Gasteiger charge is 2.41. The van der Waals surface area contributed by atoms with Crippen LogP contribution in [0.1, 0.15) is 39.0 Å². The third-order valence-electron chi connectivity index (χ3n) is 4.12. The Bertz CT molecular complexity index is 273. The van der Waals surface area contributed by atoms with Crippen molar-refractivity contribution >= 4 is 17.7 Å². The second kappa shape index (κ2) is 5.61. The zero-order valence-electron chi connectivity index (χ0n) is 11.0.